The first kappa shape index (κ1) is 16.6. The number of piperidine rings is 1. The molecular formula is C22H33NO. The second-order valence-electron chi connectivity index (χ2n) is 9.03. The maximum atomic E-state index is 6.81. The zero-order valence-electron chi connectivity index (χ0n) is 15.6. The summed E-state index contributed by atoms with van der Waals surface area (Å²) in [5.74, 6) is 2.17. The van der Waals surface area contributed by atoms with E-state index in [0.29, 0.717) is 24.2 Å². The topological polar surface area (TPSA) is 12.5 Å². The van der Waals surface area contributed by atoms with E-state index in [1.165, 1.54) is 44.2 Å². The van der Waals surface area contributed by atoms with E-state index < -0.39 is 0 Å². The maximum Gasteiger partial charge on any atom is 0.114 e. The Bertz CT molecular complexity index is 554. The molecule has 2 saturated heterocycles. The van der Waals surface area contributed by atoms with Crippen LogP contribution in [0.1, 0.15) is 58.4 Å². The summed E-state index contributed by atoms with van der Waals surface area (Å²) < 4.78 is 6.81. The molecule has 2 aliphatic heterocycles. The molecule has 0 radical (unpaired) electrons. The van der Waals surface area contributed by atoms with Gasteiger partial charge in [-0.3, -0.25) is 4.90 Å². The molecule has 1 saturated carbocycles. The molecule has 2 heteroatoms. The number of fused-ring (bicyclic) bond motifs is 2. The molecule has 0 N–H and O–H groups in total. The van der Waals surface area contributed by atoms with Crippen LogP contribution in [0.4, 0.5) is 0 Å². The van der Waals surface area contributed by atoms with Crippen molar-refractivity contribution in [3.05, 3.63) is 35.9 Å². The number of hydrogen-bond acceptors (Lipinski definition) is 2. The van der Waals surface area contributed by atoms with Crippen LogP contribution >= 0.6 is 0 Å². The van der Waals surface area contributed by atoms with Gasteiger partial charge >= 0.3 is 0 Å². The standard InChI is InChI=1S/C22H33NO/c1-16-11-12-19-20(14-16)24-21-18(15-17-8-5-4-6-9-17)10-7-13-23(21)22(19,2)3/h4-6,8-9,16,18-21H,7,10-15H2,1-3H3/t16-,18-,19-,20-,21+/m1/s1. The average molecular weight is 328 g/mol. The summed E-state index contributed by atoms with van der Waals surface area (Å²) >= 11 is 0. The van der Waals surface area contributed by atoms with Gasteiger partial charge in [-0.1, -0.05) is 43.7 Å². The van der Waals surface area contributed by atoms with Gasteiger partial charge in [-0.05, 0) is 57.4 Å². The van der Waals surface area contributed by atoms with Gasteiger partial charge in [-0.25, -0.2) is 0 Å². The molecule has 0 unspecified atom stereocenters. The molecule has 1 aromatic carbocycles. The summed E-state index contributed by atoms with van der Waals surface area (Å²) in [6, 6.07) is 11.0. The van der Waals surface area contributed by atoms with E-state index in [1.54, 1.807) is 0 Å². The molecular weight excluding hydrogens is 294 g/mol. The van der Waals surface area contributed by atoms with Crippen LogP contribution in [-0.4, -0.2) is 29.3 Å². The lowest BCUT2D eigenvalue weighted by Crippen LogP contribution is -2.67. The first-order valence-corrected chi connectivity index (χ1v) is 10.0. The van der Waals surface area contributed by atoms with Crippen LogP contribution in [0.3, 0.4) is 0 Å². The number of nitrogens with zero attached hydrogens (tertiary/aromatic N) is 1. The van der Waals surface area contributed by atoms with Crippen molar-refractivity contribution in [1.82, 2.24) is 4.90 Å². The summed E-state index contributed by atoms with van der Waals surface area (Å²) in [5.41, 5.74) is 1.74. The zero-order chi connectivity index (χ0) is 16.7. The summed E-state index contributed by atoms with van der Waals surface area (Å²) in [6.45, 7) is 8.59. The fourth-order valence-electron chi connectivity index (χ4n) is 5.65. The van der Waals surface area contributed by atoms with Gasteiger partial charge in [0.15, 0.2) is 0 Å². The molecule has 1 aromatic rings. The lowest BCUT2D eigenvalue weighted by atomic mass is 9.68. The number of rotatable bonds is 2. The van der Waals surface area contributed by atoms with Crippen LogP contribution < -0.4 is 0 Å². The molecule has 0 spiro atoms. The maximum absolute atomic E-state index is 6.81. The lowest BCUT2D eigenvalue weighted by Gasteiger charge is -2.60. The minimum absolute atomic E-state index is 0.281. The smallest absolute Gasteiger partial charge is 0.114 e. The number of benzene rings is 1. The highest BCUT2D eigenvalue weighted by Crippen LogP contribution is 2.48. The normalized spacial score (nSPS) is 39.0. The molecule has 3 fully saturated rings. The molecule has 132 valence electrons. The van der Waals surface area contributed by atoms with E-state index in [9.17, 15) is 0 Å². The van der Waals surface area contributed by atoms with Crippen LogP contribution in [0.2, 0.25) is 0 Å². The van der Waals surface area contributed by atoms with Gasteiger partial charge in [0.25, 0.3) is 0 Å². The molecule has 5 atom stereocenters. The fourth-order valence-corrected chi connectivity index (χ4v) is 5.65. The molecule has 2 nitrogen and oxygen atoms in total. The first-order chi connectivity index (χ1) is 11.6. The zero-order valence-corrected chi connectivity index (χ0v) is 15.6. The van der Waals surface area contributed by atoms with E-state index >= 15 is 0 Å². The van der Waals surface area contributed by atoms with Crippen molar-refractivity contribution in [2.24, 2.45) is 17.8 Å². The minimum Gasteiger partial charge on any atom is -0.359 e. The molecule has 0 amide bonds. The summed E-state index contributed by atoms with van der Waals surface area (Å²) in [4.78, 5) is 2.72. The predicted molar refractivity (Wildman–Crippen MR) is 98.8 cm³/mol. The Hall–Kier alpha value is -0.860. The molecule has 4 rings (SSSR count). The molecule has 24 heavy (non-hydrogen) atoms. The molecule has 0 aromatic heterocycles. The largest absolute Gasteiger partial charge is 0.359 e. The van der Waals surface area contributed by atoms with Crippen molar-refractivity contribution in [1.29, 1.82) is 0 Å². The van der Waals surface area contributed by atoms with Crippen molar-refractivity contribution < 1.29 is 4.74 Å². The van der Waals surface area contributed by atoms with Gasteiger partial charge in [-0.15, -0.1) is 0 Å². The number of ether oxygens (including phenoxy) is 1. The van der Waals surface area contributed by atoms with Crippen LogP contribution in [0.25, 0.3) is 0 Å². The van der Waals surface area contributed by atoms with Crippen molar-refractivity contribution in [2.75, 3.05) is 6.54 Å². The monoisotopic (exact) mass is 327 g/mol. The quantitative estimate of drug-likeness (QED) is 0.767. The van der Waals surface area contributed by atoms with Crippen molar-refractivity contribution in [2.45, 2.75) is 77.2 Å². The van der Waals surface area contributed by atoms with Crippen LogP contribution in [-0.2, 0) is 11.2 Å². The molecule has 2 heterocycles. The SMILES string of the molecule is C[C@@H]1CC[C@@H]2[C@@H](C1)O[C@H]1[C@@H](Cc3ccccc3)CCCN1C2(C)C. The van der Waals surface area contributed by atoms with E-state index in [4.69, 9.17) is 4.74 Å². The second kappa shape index (κ2) is 6.46. The van der Waals surface area contributed by atoms with Crippen molar-refractivity contribution in [3.63, 3.8) is 0 Å². The Balaban J connectivity index is 1.57. The van der Waals surface area contributed by atoms with E-state index in [-0.39, 0.29) is 5.54 Å². The first-order valence-electron chi connectivity index (χ1n) is 10.0. The van der Waals surface area contributed by atoms with Gasteiger partial charge in [0.1, 0.15) is 6.23 Å². The Labute approximate surface area is 147 Å². The second-order valence-corrected chi connectivity index (χ2v) is 9.03. The third-order valence-corrected chi connectivity index (χ3v) is 7.04. The Morgan fingerprint density at radius 1 is 1.12 bits per heavy atom. The molecule has 3 aliphatic rings. The van der Waals surface area contributed by atoms with E-state index in [2.05, 4.69) is 56.0 Å². The van der Waals surface area contributed by atoms with Gasteiger partial charge in [0.2, 0.25) is 0 Å². The van der Waals surface area contributed by atoms with E-state index in [0.717, 1.165) is 12.3 Å². The Morgan fingerprint density at radius 3 is 2.71 bits per heavy atom. The highest BCUT2D eigenvalue weighted by molar-refractivity contribution is 5.16. The Kier molecular flexibility index (Phi) is 4.47. The third-order valence-electron chi connectivity index (χ3n) is 7.04. The molecule has 0 bridgehead atoms. The fraction of sp³-hybridized carbons (Fsp3) is 0.727. The van der Waals surface area contributed by atoms with Gasteiger partial charge in [0, 0.05) is 23.9 Å². The highest BCUT2D eigenvalue weighted by atomic mass is 16.5. The minimum atomic E-state index is 0.281. The summed E-state index contributed by atoms with van der Waals surface area (Å²) in [6.07, 6.45) is 8.54. The van der Waals surface area contributed by atoms with Crippen LogP contribution in [0.5, 0.6) is 0 Å². The summed E-state index contributed by atoms with van der Waals surface area (Å²) in [7, 11) is 0. The third kappa shape index (κ3) is 2.93. The lowest BCUT2D eigenvalue weighted by molar-refractivity contribution is -0.260. The van der Waals surface area contributed by atoms with Gasteiger partial charge in [0.05, 0.1) is 6.10 Å². The predicted octanol–water partition coefficient (Wildman–Crippen LogP) is 4.88. The average Bonchev–Trinajstić information content (AvgIpc) is 2.56. The van der Waals surface area contributed by atoms with E-state index in [1.807, 2.05) is 0 Å². The molecule has 1 aliphatic carbocycles. The van der Waals surface area contributed by atoms with Gasteiger partial charge in [-0.2, -0.15) is 0 Å². The van der Waals surface area contributed by atoms with Gasteiger partial charge < -0.3 is 4.74 Å². The van der Waals surface area contributed by atoms with Crippen LogP contribution in [0, 0.1) is 17.8 Å². The van der Waals surface area contributed by atoms with Crippen LogP contribution in [0.15, 0.2) is 30.3 Å². The Morgan fingerprint density at radius 2 is 1.92 bits per heavy atom. The highest BCUT2D eigenvalue weighted by Gasteiger charge is 2.52. The summed E-state index contributed by atoms with van der Waals surface area (Å²) in [5, 5.41) is 0. The van der Waals surface area contributed by atoms with Crippen molar-refractivity contribution >= 4 is 0 Å². The van der Waals surface area contributed by atoms with Crippen molar-refractivity contribution in [3.8, 4) is 0 Å². The number of hydrogen-bond donors (Lipinski definition) is 0.